The third kappa shape index (κ3) is 2.88. The highest BCUT2D eigenvalue weighted by atomic mass is 79.9. The molecule has 0 aromatic carbocycles. The summed E-state index contributed by atoms with van der Waals surface area (Å²) >= 11 is 3.09. The minimum atomic E-state index is -2.72. The zero-order valence-electron chi connectivity index (χ0n) is 8.08. The number of aromatic nitrogens is 1. The Bertz CT molecular complexity index is 413. The Morgan fingerprint density at radius 3 is 2.69 bits per heavy atom. The number of anilines is 1. The van der Waals surface area contributed by atoms with E-state index < -0.39 is 12.4 Å². The Balaban J connectivity index is 3.20. The first-order valence-corrected chi connectivity index (χ1v) is 5.42. The van der Waals surface area contributed by atoms with Gasteiger partial charge in [-0.2, -0.15) is 0 Å². The van der Waals surface area contributed by atoms with Gasteiger partial charge in [0.25, 0.3) is 6.43 Å². The van der Waals surface area contributed by atoms with Crippen molar-refractivity contribution in [2.45, 2.75) is 18.2 Å². The Labute approximate surface area is 98.6 Å². The summed E-state index contributed by atoms with van der Waals surface area (Å²) < 4.78 is 25.0. The van der Waals surface area contributed by atoms with Crippen LogP contribution in [0.25, 0.3) is 0 Å². The Kier molecular flexibility index (Phi) is 4.17. The molecular formula is C9H9BrF2N2O2. The highest BCUT2D eigenvalue weighted by Gasteiger charge is 2.17. The van der Waals surface area contributed by atoms with E-state index in [4.69, 9.17) is 10.8 Å². The van der Waals surface area contributed by atoms with Gasteiger partial charge in [0, 0.05) is 5.33 Å². The molecule has 0 spiro atoms. The molecule has 1 aromatic rings. The molecule has 0 bridgehead atoms. The van der Waals surface area contributed by atoms with Crippen molar-refractivity contribution in [3.63, 3.8) is 0 Å². The SMILES string of the molecule is Nc1nc(CC(=O)O)c(CBr)cc1C(F)F. The molecule has 1 heterocycles. The molecule has 88 valence electrons. The monoisotopic (exact) mass is 294 g/mol. The second kappa shape index (κ2) is 5.20. The number of carbonyl (C=O) groups is 1. The zero-order chi connectivity index (χ0) is 12.3. The van der Waals surface area contributed by atoms with Gasteiger partial charge in [-0.1, -0.05) is 15.9 Å². The number of carboxylic acids is 1. The van der Waals surface area contributed by atoms with E-state index in [9.17, 15) is 13.6 Å². The van der Waals surface area contributed by atoms with Crippen molar-refractivity contribution in [3.8, 4) is 0 Å². The molecule has 0 amide bonds. The smallest absolute Gasteiger partial charge is 0.309 e. The van der Waals surface area contributed by atoms with Gasteiger partial charge in [-0.25, -0.2) is 13.8 Å². The largest absolute Gasteiger partial charge is 0.481 e. The van der Waals surface area contributed by atoms with Crippen LogP contribution in [0, 0.1) is 0 Å². The lowest BCUT2D eigenvalue weighted by atomic mass is 10.1. The molecule has 0 unspecified atom stereocenters. The van der Waals surface area contributed by atoms with E-state index in [-0.39, 0.29) is 28.8 Å². The van der Waals surface area contributed by atoms with E-state index in [2.05, 4.69) is 20.9 Å². The van der Waals surface area contributed by atoms with E-state index in [1.807, 2.05) is 0 Å². The molecule has 0 fully saturated rings. The van der Waals surface area contributed by atoms with Crippen molar-refractivity contribution >= 4 is 27.7 Å². The average Bonchev–Trinajstić information content (AvgIpc) is 2.16. The predicted octanol–water partition coefficient (Wildman–Crippen LogP) is 2.12. The highest BCUT2D eigenvalue weighted by molar-refractivity contribution is 9.08. The van der Waals surface area contributed by atoms with Gasteiger partial charge in [-0.3, -0.25) is 4.79 Å². The van der Waals surface area contributed by atoms with Crippen molar-refractivity contribution in [1.82, 2.24) is 4.98 Å². The fourth-order valence-corrected chi connectivity index (χ4v) is 1.70. The minimum absolute atomic E-state index is 0.200. The first-order chi connectivity index (χ1) is 7.45. The maximum Gasteiger partial charge on any atom is 0.309 e. The number of hydrogen-bond acceptors (Lipinski definition) is 3. The number of carboxylic acid groups (broad SMARTS) is 1. The quantitative estimate of drug-likeness (QED) is 0.834. The Hall–Kier alpha value is -1.24. The van der Waals surface area contributed by atoms with Crippen molar-refractivity contribution in [1.29, 1.82) is 0 Å². The van der Waals surface area contributed by atoms with Crippen LogP contribution in [0.5, 0.6) is 0 Å². The summed E-state index contributed by atoms with van der Waals surface area (Å²) in [6.45, 7) is 0. The molecule has 0 aliphatic heterocycles. The van der Waals surface area contributed by atoms with Crippen LogP contribution in [0.3, 0.4) is 0 Å². The molecule has 1 rings (SSSR count). The molecule has 0 radical (unpaired) electrons. The normalized spacial score (nSPS) is 10.8. The number of rotatable bonds is 4. The van der Waals surface area contributed by atoms with Crippen LogP contribution in [0.2, 0.25) is 0 Å². The van der Waals surface area contributed by atoms with Crippen LogP contribution in [0.4, 0.5) is 14.6 Å². The molecule has 0 atom stereocenters. The summed E-state index contributed by atoms with van der Waals surface area (Å²) in [4.78, 5) is 14.2. The molecular weight excluding hydrogens is 286 g/mol. The molecule has 0 saturated carbocycles. The molecule has 0 saturated heterocycles. The summed E-state index contributed by atoms with van der Waals surface area (Å²) in [5, 5.41) is 8.86. The number of nitrogen functional groups attached to an aromatic ring is 1. The van der Waals surface area contributed by atoms with Gasteiger partial charge in [0.05, 0.1) is 17.7 Å². The van der Waals surface area contributed by atoms with Gasteiger partial charge < -0.3 is 10.8 Å². The topological polar surface area (TPSA) is 76.2 Å². The van der Waals surface area contributed by atoms with Crippen molar-refractivity contribution in [3.05, 3.63) is 22.9 Å². The number of nitrogens with two attached hydrogens (primary N) is 1. The zero-order valence-corrected chi connectivity index (χ0v) is 9.67. The van der Waals surface area contributed by atoms with Crippen LogP contribution in [0.1, 0.15) is 23.2 Å². The maximum absolute atomic E-state index is 12.5. The second-order valence-corrected chi connectivity index (χ2v) is 3.63. The van der Waals surface area contributed by atoms with Gasteiger partial charge in [0.15, 0.2) is 0 Å². The average molecular weight is 295 g/mol. The molecule has 3 N–H and O–H groups in total. The van der Waals surface area contributed by atoms with Crippen molar-refractivity contribution < 1.29 is 18.7 Å². The third-order valence-corrected chi connectivity index (χ3v) is 2.55. The fourth-order valence-electron chi connectivity index (χ4n) is 1.21. The first kappa shape index (κ1) is 12.8. The number of nitrogens with zero attached hydrogens (tertiary/aromatic N) is 1. The number of aliphatic carboxylic acids is 1. The van der Waals surface area contributed by atoms with Gasteiger partial charge in [0.2, 0.25) is 0 Å². The molecule has 0 aliphatic carbocycles. The Morgan fingerprint density at radius 2 is 2.25 bits per heavy atom. The highest BCUT2D eigenvalue weighted by Crippen LogP contribution is 2.27. The van der Waals surface area contributed by atoms with E-state index in [1.54, 1.807) is 0 Å². The van der Waals surface area contributed by atoms with Crippen molar-refractivity contribution in [2.24, 2.45) is 0 Å². The summed E-state index contributed by atoms with van der Waals surface area (Å²) in [7, 11) is 0. The fraction of sp³-hybridized carbons (Fsp3) is 0.333. The minimum Gasteiger partial charge on any atom is -0.481 e. The van der Waals surface area contributed by atoms with E-state index in [0.29, 0.717) is 5.56 Å². The standard InChI is InChI=1S/C9H9BrF2N2O2/c10-3-4-1-5(8(11)12)9(13)14-6(4)2-7(15)16/h1,8H,2-3H2,(H2,13,14)(H,15,16). The van der Waals surface area contributed by atoms with E-state index in [1.165, 1.54) is 6.07 Å². The summed E-state index contributed by atoms with van der Waals surface area (Å²) in [5.41, 5.74) is 5.56. The van der Waals surface area contributed by atoms with Crippen LogP contribution in [-0.2, 0) is 16.5 Å². The van der Waals surface area contributed by atoms with Gasteiger partial charge in [-0.05, 0) is 11.6 Å². The van der Waals surface area contributed by atoms with Crippen LogP contribution in [0.15, 0.2) is 6.07 Å². The predicted molar refractivity (Wildman–Crippen MR) is 57.6 cm³/mol. The number of halogens is 3. The van der Waals surface area contributed by atoms with Gasteiger partial charge in [0.1, 0.15) is 5.82 Å². The third-order valence-electron chi connectivity index (χ3n) is 1.95. The molecule has 0 aliphatic rings. The van der Waals surface area contributed by atoms with Crippen molar-refractivity contribution in [2.75, 3.05) is 5.73 Å². The maximum atomic E-state index is 12.5. The lowest BCUT2D eigenvalue weighted by molar-refractivity contribution is -0.136. The van der Waals surface area contributed by atoms with Gasteiger partial charge in [-0.15, -0.1) is 0 Å². The van der Waals surface area contributed by atoms with Crippen LogP contribution >= 0.6 is 15.9 Å². The van der Waals surface area contributed by atoms with Crippen LogP contribution < -0.4 is 5.73 Å². The lowest BCUT2D eigenvalue weighted by Crippen LogP contribution is -2.09. The molecule has 16 heavy (non-hydrogen) atoms. The molecule has 7 heteroatoms. The Morgan fingerprint density at radius 1 is 1.62 bits per heavy atom. The molecule has 1 aromatic heterocycles. The van der Waals surface area contributed by atoms with E-state index in [0.717, 1.165) is 0 Å². The lowest BCUT2D eigenvalue weighted by Gasteiger charge is -2.10. The summed E-state index contributed by atoms with van der Waals surface area (Å²) in [6, 6.07) is 1.18. The van der Waals surface area contributed by atoms with Gasteiger partial charge >= 0.3 is 5.97 Å². The second-order valence-electron chi connectivity index (χ2n) is 3.07. The summed E-state index contributed by atoms with van der Waals surface area (Å²) in [6.07, 6.45) is -3.06. The number of pyridine rings is 1. The first-order valence-electron chi connectivity index (χ1n) is 4.29. The van der Waals surface area contributed by atoms with E-state index >= 15 is 0 Å². The summed E-state index contributed by atoms with van der Waals surface area (Å²) in [5.74, 6) is -1.41. The number of hydrogen-bond donors (Lipinski definition) is 2. The molecule has 4 nitrogen and oxygen atoms in total. The van der Waals surface area contributed by atoms with Crippen LogP contribution in [-0.4, -0.2) is 16.1 Å². The number of alkyl halides is 3.